The summed E-state index contributed by atoms with van der Waals surface area (Å²) in [7, 11) is 1.48. The molecule has 0 aliphatic rings. The van der Waals surface area contributed by atoms with Gasteiger partial charge in [-0.1, -0.05) is 15.9 Å². The topological polar surface area (TPSA) is 62.0 Å². The molecular formula is C10H12BrNO3. The first-order valence-electron chi connectivity index (χ1n) is 4.36. The number of hydrogen-bond acceptors (Lipinski definition) is 4. The van der Waals surface area contributed by atoms with Crippen LogP contribution in [-0.2, 0) is 0 Å². The lowest BCUT2D eigenvalue weighted by molar-refractivity contribution is 0.307. The van der Waals surface area contributed by atoms with Gasteiger partial charge in [-0.15, -0.1) is 0 Å². The first-order valence-corrected chi connectivity index (χ1v) is 5.15. The summed E-state index contributed by atoms with van der Waals surface area (Å²) < 4.78 is 5.78. The zero-order valence-corrected chi connectivity index (χ0v) is 9.86. The van der Waals surface area contributed by atoms with E-state index in [-0.39, 0.29) is 12.4 Å². The van der Waals surface area contributed by atoms with Crippen LogP contribution in [0.4, 0.5) is 0 Å². The van der Waals surface area contributed by atoms with Crippen LogP contribution in [0.5, 0.6) is 11.5 Å². The van der Waals surface area contributed by atoms with Crippen molar-refractivity contribution in [3.05, 3.63) is 22.2 Å². The highest BCUT2D eigenvalue weighted by molar-refractivity contribution is 9.10. The van der Waals surface area contributed by atoms with Crippen molar-refractivity contribution in [3.8, 4) is 11.5 Å². The molecule has 0 aliphatic heterocycles. The number of benzene rings is 1. The van der Waals surface area contributed by atoms with E-state index in [0.29, 0.717) is 17.9 Å². The van der Waals surface area contributed by atoms with Gasteiger partial charge in [0.25, 0.3) is 0 Å². The summed E-state index contributed by atoms with van der Waals surface area (Å²) in [4.78, 5) is 3.93. The summed E-state index contributed by atoms with van der Waals surface area (Å²) in [5.41, 5.74) is 0.551. The Morgan fingerprint density at radius 2 is 2.27 bits per heavy atom. The first-order chi connectivity index (χ1) is 7.19. The lowest BCUT2D eigenvalue weighted by Gasteiger charge is -2.06. The lowest BCUT2D eigenvalue weighted by Crippen LogP contribution is -1.92. The van der Waals surface area contributed by atoms with E-state index in [1.807, 2.05) is 0 Å². The number of aliphatic hydroxyl groups is 1. The largest absolute Gasteiger partial charge is 0.504 e. The molecule has 2 N–H and O–H groups in total. The van der Waals surface area contributed by atoms with Crippen molar-refractivity contribution in [1.82, 2.24) is 0 Å². The molecule has 4 nitrogen and oxygen atoms in total. The second kappa shape index (κ2) is 5.72. The number of phenolic OH excluding ortho intramolecular Hbond substituents is 1. The number of halogens is 1. The van der Waals surface area contributed by atoms with Gasteiger partial charge in [-0.2, -0.15) is 0 Å². The Bertz CT molecular complexity index is 366. The number of methoxy groups -OCH3 is 1. The molecule has 0 radical (unpaired) electrons. The highest BCUT2D eigenvalue weighted by Gasteiger charge is 2.07. The zero-order valence-electron chi connectivity index (χ0n) is 8.27. The van der Waals surface area contributed by atoms with Gasteiger partial charge in [0.05, 0.1) is 20.3 Å². The number of aromatic hydroxyl groups is 1. The van der Waals surface area contributed by atoms with Gasteiger partial charge < -0.3 is 14.9 Å². The molecule has 1 aromatic rings. The van der Waals surface area contributed by atoms with E-state index >= 15 is 0 Å². The minimum atomic E-state index is -0.0115. The fourth-order valence-electron chi connectivity index (χ4n) is 1.07. The Morgan fingerprint density at radius 3 is 2.87 bits per heavy atom. The number of nitrogens with zero attached hydrogens (tertiary/aromatic N) is 1. The van der Waals surface area contributed by atoms with Crippen molar-refractivity contribution in [2.24, 2.45) is 4.99 Å². The molecule has 0 aromatic heterocycles. The molecule has 15 heavy (non-hydrogen) atoms. The van der Waals surface area contributed by atoms with Gasteiger partial charge in [-0.05, 0) is 12.1 Å². The fourth-order valence-corrected chi connectivity index (χ4v) is 1.52. The molecule has 82 valence electrons. The Hall–Kier alpha value is -1.07. The molecule has 0 saturated heterocycles. The summed E-state index contributed by atoms with van der Waals surface area (Å²) >= 11 is 3.29. The van der Waals surface area contributed by atoms with Gasteiger partial charge in [0.1, 0.15) is 0 Å². The van der Waals surface area contributed by atoms with Crippen LogP contribution >= 0.6 is 15.9 Å². The van der Waals surface area contributed by atoms with E-state index in [4.69, 9.17) is 9.84 Å². The zero-order chi connectivity index (χ0) is 11.3. The monoisotopic (exact) mass is 273 g/mol. The van der Waals surface area contributed by atoms with Crippen LogP contribution in [-0.4, -0.2) is 36.7 Å². The summed E-state index contributed by atoms with van der Waals surface area (Å²) in [6.45, 7) is 0.302. The van der Waals surface area contributed by atoms with E-state index in [1.165, 1.54) is 13.3 Å². The summed E-state index contributed by atoms with van der Waals surface area (Å²) in [6, 6.07) is 3.39. The maximum absolute atomic E-state index is 9.71. The predicted molar refractivity (Wildman–Crippen MR) is 61.9 cm³/mol. The molecule has 0 fully saturated rings. The van der Waals surface area contributed by atoms with Crippen LogP contribution < -0.4 is 4.74 Å². The minimum absolute atomic E-state index is 0.0115. The Morgan fingerprint density at radius 1 is 1.53 bits per heavy atom. The number of ether oxygens (including phenoxy) is 1. The van der Waals surface area contributed by atoms with Crippen LogP contribution in [0, 0.1) is 0 Å². The van der Waals surface area contributed by atoms with Crippen molar-refractivity contribution >= 4 is 22.1 Å². The lowest BCUT2D eigenvalue weighted by atomic mass is 10.2. The molecule has 1 rings (SSSR count). The quantitative estimate of drug-likeness (QED) is 0.819. The number of hydrogen-bond donors (Lipinski definition) is 2. The van der Waals surface area contributed by atoms with E-state index in [1.54, 1.807) is 12.1 Å². The third-order valence-corrected chi connectivity index (χ3v) is 2.21. The standard InChI is InChI=1S/C10H12BrNO3/c1-15-9-5-8(11)4-7(10(9)14)6-12-2-3-13/h4-6,13-14H,2-3H2,1H3/b12-6+. The third-order valence-electron chi connectivity index (χ3n) is 1.75. The van der Waals surface area contributed by atoms with Crippen molar-refractivity contribution in [1.29, 1.82) is 0 Å². The predicted octanol–water partition coefficient (Wildman–Crippen LogP) is 1.57. The summed E-state index contributed by atoms with van der Waals surface area (Å²) in [5.74, 6) is 0.428. The molecule has 0 amide bonds. The van der Waals surface area contributed by atoms with Gasteiger partial charge >= 0.3 is 0 Å². The average molecular weight is 274 g/mol. The number of aliphatic hydroxyl groups excluding tert-OH is 1. The summed E-state index contributed by atoms with van der Waals surface area (Å²) in [5, 5.41) is 18.3. The maximum atomic E-state index is 9.71. The average Bonchev–Trinajstić information content (AvgIpc) is 2.23. The van der Waals surface area contributed by atoms with Crippen LogP contribution in [0.1, 0.15) is 5.56 Å². The molecule has 0 atom stereocenters. The number of phenols is 1. The number of rotatable bonds is 4. The molecule has 5 heteroatoms. The second-order valence-corrected chi connectivity index (χ2v) is 3.72. The van der Waals surface area contributed by atoms with Crippen molar-refractivity contribution in [2.75, 3.05) is 20.3 Å². The van der Waals surface area contributed by atoms with Gasteiger partial charge in [0, 0.05) is 16.3 Å². The molecule has 0 aliphatic carbocycles. The molecule has 0 bridgehead atoms. The highest BCUT2D eigenvalue weighted by atomic mass is 79.9. The molecule has 0 saturated carbocycles. The van der Waals surface area contributed by atoms with Crippen LogP contribution in [0.2, 0.25) is 0 Å². The van der Waals surface area contributed by atoms with Crippen LogP contribution in [0.15, 0.2) is 21.6 Å². The van der Waals surface area contributed by atoms with E-state index in [2.05, 4.69) is 20.9 Å². The fraction of sp³-hybridized carbons (Fsp3) is 0.300. The van der Waals surface area contributed by atoms with Gasteiger partial charge in [-0.3, -0.25) is 4.99 Å². The van der Waals surface area contributed by atoms with Gasteiger partial charge in [0.2, 0.25) is 0 Å². The Balaban J connectivity index is 3.01. The minimum Gasteiger partial charge on any atom is -0.504 e. The van der Waals surface area contributed by atoms with Gasteiger partial charge in [0.15, 0.2) is 11.5 Å². The van der Waals surface area contributed by atoms with Crippen molar-refractivity contribution < 1.29 is 14.9 Å². The molecule has 0 spiro atoms. The Labute approximate surface area is 96.4 Å². The van der Waals surface area contributed by atoms with E-state index in [0.717, 1.165) is 4.47 Å². The van der Waals surface area contributed by atoms with Crippen LogP contribution in [0.25, 0.3) is 0 Å². The molecule has 0 unspecified atom stereocenters. The van der Waals surface area contributed by atoms with Crippen molar-refractivity contribution in [3.63, 3.8) is 0 Å². The number of aliphatic imine (C=N–C) groups is 1. The highest BCUT2D eigenvalue weighted by Crippen LogP contribution is 2.32. The maximum Gasteiger partial charge on any atom is 0.166 e. The molecule has 0 heterocycles. The third kappa shape index (κ3) is 3.21. The van der Waals surface area contributed by atoms with Gasteiger partial charge in [-0.25, -0.2) is 0 Å². The van der Waals surface area contributed by atoms with E-state index in [9.17, 15) is 5.11 Å². The smallest absolute Gasteiger partial charge is 0.166 e. The first kappa shape index (κ1) is 12.0. The normalized spacial score (nSPS) is 10.9. The second-order valence-electron chi connectivity index (χ2n) is 2.80. The van der Waals surface area contributed by atoms with E-state index < -0.39 is 0 Å². The Kier molecular flexibility index (Phi) is 4.58. The SMILES string of the molecule is COc1cc(Br)cc(/C=N/CCO)c1O. The molecule has 1 aromatic carbocycles. The molecular weight excluding hydrogens is 262 g/mol. The van der Waals surface area contributed by atoms with Crippen molar-refractivity contribution in [2.45, 2.75) is 0 Å². The summed E-state index contributed by atoms with van der Waals surface area (Å²) in [6.07, 6.45) is 1.50. The van der Waals surface area contributed by atoms with Crippen LogP contribution in [0.3, 0.4) is 0 Å².